The summed E-state index contributed by atoms with van der Waals surface area (Å²) in [6, 6.07) is 9.85. The SMILES string of the molecule is O=C(Nc1ccc(N2CCOCC2=O)cc1)O[C@@H]1C[C@@H](O)CN1C(=O)C=Cc1ccc(Cl)o1. The Bertz CT molecular complexity index is 1050. The number of carbonyl (C=O) groups excluding carboxylic acids is 3. The first-order chi connectivity index (χ1) is 15.9. The fourth-order valence-electron chi connectivity index (χ4n) is 3.58. The molecular formula is C22H22ClN3O7. The molecule has 2 atom stereocenters. The lowest BCUT2D eigenvalue weighted by Gasteiger charge is -2.27. The van der Waals surface area contributed by atoms with Crippen LogP contribution in [0.25, 0.3) is 6.08 Å². The van der Waals surface area contributed by atoms with Gasteiger partial charge in [0.25, 0.3) is 5.91 Å². The average Bonchev–Trinajstić information content (AvgIpc) is 3.37. The number of nitrogens with zero attached hydrogens (tertiary/aromatic N) is 2. The molecular weight excluding hydrogens is 454 g/mol. The number of amides is 3. The van der Waals surface area contributed by atoms with E-state index in [1.165, 1.54) is 17.1 Å². The number of β-amino-alcohol motifs (C(OH)–C–C–N with tert-alkyl or cyclic N) is 1. The number of aliphatic hydroxyl groups is 1. The Morgan fingerprint density at radius 1 is 1.21 bits per heavy atom. The monoisotopic (exact) mass is 475 g/mol. The maximum absolute atomic E-state index is 12.5. The summed E-state index contributed by atoms with van der Waals surface area (Å²) in [5.41, 5.74) is 1.15. The lowest BCUT2D eigenvalue weighted by atomic mass is 10.2. The first-order valence-electron chi connectivity index (χ1n) is 10.3. The van der Waals surface area contributed by atoms with E-state index in [2.05, 4.69) is 5.32 Å². The number of hydrogen-bond acceptors (Lipinski definition) is 7. The zero-order chi connectivity index (χ0) is 23.4. The highest BCUT2D eigenvalue weighted by Crippen LogP contribution is 2.23. The number of carbonyl (C=O) groups is 3. The molecule has 1 aromatic heterocycles. The number of rotatable bonds is 5. The van der Waals surface area contributed by atoms with E-state index >= 15 is 0 Å². The first-order valence-corrected chi connectivity index (χ1v) is 10.6. The predicted molar refractivity (Wildman–Crippen MR) is 119 cm³/mol. The summed E-state index contributed by atoms with van der Waals surface area (Å²) >= 11 is 5.71. The van der Waals surface area contributed by atoms with Crippen molar-refractivity contribution < 1.29 is 33.4 Å². The molecule has 2 fully saturated rings. The van der Waals surface area contributed by atoms with Crippen LogP contribution in [-0.4, -0.2) is 66.5 Å². The lowest BCUT2D eigenvalue weighted by Crippen LogP contribution is -2.41. The Balaban J connectivity index is 1.34. The Labute approximate surface area is 194 Å². The molecule has 10 nitrogen and oxygen atoms in total. The minimum Gasteiger partial charge on any atom is -0.445 e. The number of aliphatic hydroxyl groups excluding tert-OH is 1. The Kier molecular flexibility index (Phi) is 6.97. The van der Waals surface area contributed by atoms with Gasteiger partial charge in [0.1, 0.15) is 12.4 Å². The normalized spacial score (nSPS) is 21.0. The van der Waals surface area contributed by atoms with Crippen molar-refractivity contribution in [3.8, 4) is 0 Å². The second-order valence-corrected chi connectivity index (χ2v) is 7.86. The van der Waals surface area contributed by atoms with Gasteiger partial charge in [0.05, 0.1) is 19.3 Å². The fraction of sp³-hybridized carbons (Fsp3) is 0.318. The third-order valence-electron chi connectivity index (χ3n) is 5.15. The number of furan rings is 1. The van der Waals surface area contributed by atoms with Crippen LogP contribution in [0.3, 0.4) is 0 Å². The van der Waals surface area contributed by atoms with E-state index in [-0.39, 0.29) is 30.7 Å². The van der Waals surface area contributed by atoms with Gasteiger partial charge in [-0.15, -0.1) is 0 Å². The molecule has 2 aliphatic heterocycles. The molecule has 3 amide bonds. The number of nitrogens with one attached hydrogen (secondary N) is 1. The maximum Gasteiger partial charge on any atom is 0.413 e. The van der Waals surface area contributed by atoms with Crippen LogP contribution in [0.15, 0.2) is 46.9 Å². The molecule has 0 radical (unpaired) electrons. The van der Waals surface area contributed by atoms with Gasteiger partial charge in [-0.25, -0.2) is 4.79 Å². The highest BCUT2D eigenvalue weighted by Gasteiger charge is 2.36. The van der Waals surface area contributed by atoms with Crippen molar-refractivity contribution in [3.05, 3.63) is 53.5 Å². The number of hydrogen-bond donors (Lipinski definition) is 2. The molecule has 1 aromatic carbocycles. The van der Waals surface area contributed by atoms with Gasteiger partial charge in [-0.1, -0.05) is 0 Å². The largest absolute Gasteiger partial charge is 0.445 e. The van der Waals surface area contributed by atoms with E-state index in [4.69, 9.17) is 25.5 Å². The number of morpholine rings is 1. The molecule has 0 unspecified atom stereocenters. The van der Waals surface area contributed by atoms with E-state index in [0.717, 1.165) is 0 Å². The van der Waals surface area contributed by atoms with Gasteiger partial charge >= 0.3 is 6.09 Å². The zero-order valence-corrected chi connectivity index (χ0v) is 18.2. The van der Waals surface area contributed by atoms with Crippen molar-refractivity contribution in [2.24, 2.45) is 0 Å². The number of anilines is 2. The average molecular weight is 476 g/mol. The third kappa shape index (κ3) is 5.72. The van der Waals surface area contributed by atoms with Gasteiger partial charge in [-0.05, 0) is 54.1 Å². The molecule has 0 spiro atoms. The predicted octanol–water partition coefficient (Wildman–Crippen LogP) is 2.48. The quantitative estimate of drug-likeness (QED) is 0.637. The Morgan fingerprint density at radius 2 is 2.00 bits per heavy atom. The van der Waals surface area contributed by atoms with Crippen LogP contribution in [0.1, 0.15) is 12.2 Å². The molecule has 2 aromatic rings. The molecule has 3 heterocycles. The maximum atomic E-state index is 12.5. The smallest absolute Gasteiger partial charge is 0.413 e. The second-order valence-electron chi connectivity index (χ2n) is 7.49. The van der Waals surface area contributed by atoms with Gasteiger partial charge in [-0.3, -0.25) is 14.9 Å². The third-order valence-corrected chi connectivity index (χ3v) is 5.35. The van der Waals surface area contributed by atoms with Crippen LogP contribution in [0.4, 0.5) is 16.2 Å². The Morgan fingerprint density at radius 3 is 2.70 bits per heavy atom. The summed E-state index contributed by atoms with van der Waals surface area (Å²) in [6.07, 6.45) is 0.275. The number of likely N-dealkylation sites (tertiary alicyclic amines) is 1. The highest BCUT2D eigenvalue weighted by atomic mass is 35.5. The summed E-state index contributed by atoms with van der Waals surface area (Å²) in [4.78, 5) is 39.7. The number of ether oxygens (including phenoxy) is 2. The van der Waals surface area contributed by atoms with Crippen molar-refractivity contribution in [3.63, 3.8) is 0 Å². The van der Waals surface area contributed by atoms with Crippen LogP contribution in [-0.2, 0) is 19.1 Å². The van der Waals surface area contributed by atoms with E-state index in [1.807, 2.05) is 0 Å². The second kappa shape index (κ2) is 10.1. The number of halogens is 1. The summed E-state index contributed by atoms with van der Waals surface area (Å²) in [5, 5.41) is 12.8. The molecule has 0 saturated carbocycles. The van der Waals surface area contributed by atoms with Crippen LogP contribution >= 0.6 is 11.6 Å². The van der Waals surface area contributed by atoms with Crippen LogP contribution in [0.5, 0.6) is 0 Å². The molecule has 2 N–H and O–H groups in total. The van der Waals surface area contributed by atoms with Gasteiger partial charge < -0.3 is 28.8 Å². The molecule has 11 heteroatoms. The van der Waals surface area contributed by atoms with Gasteiger partial charge in [0, 0.05) is 30.4 Å². The van der Waals surface area contributed by atoms with Crippen LogP contribution in [0.2, 0.25) is 5.22 Å². The zero-order valence-electron chi connectivity index (χ0n) is 17.5. The highest BCUT2D eigenvalue weighted by molar-refractivity contribution is 6.28. The van der Waals surface area contributed by atoms with Gasteiger partial charge in [-0.2, -0.15) is 0 Å². The summed E-state index contributed by atoms with van der Waals surface area (Å²) in [5.74, 6) is -0.183. The van der Waals surface area contributed by atoms with Crippen molar-refractivity contribution in [1.29, 1.82) is 0 Å². The minimum absolute atomic E-state index is 0.0301. The molecule has 174 valence electrons. The van der Waals surface area contributed by atoms with E-state index in [1.54, 1.807) is 41.3 Å². The van der Waals surface area contributed by atoms with Crippen LogP contribution < -0.4 is 10.2 Å². The molecule has 33 heavy (non-hydrogen) atoms. The molecule has 4 rings (SSSR count). The van der Waals surface area contributed by atoms with Crippen molar-refractivity contribution in [1.82, 2.24) is 4.90 Å². The molecule has 2 saturated heterocycles. The molecule has 0 aliphatic carbocycles. The van der Waals surface area contributed by atoms with Gasteiger partial charge in [0.15, 0.2) is 11.4 Å². The Hall–Kier alpha value is -3.34. The number of benzene rings is 1. The van der Waals surface area contributed by atoms with Crippen molar-refractivity contribution in [2.45, 2.75) is 18.8 Å². The van der Waals surface area contributed by atoms with Crippen molar-refractivity contribution >= 4 is 47.0 Å². The summed E-state index contributed by atoms with van der Waals surface area (Å²) < 4.78 is 15.7. The summed E-state index contributed by atoms with van der Waals surface area (Å²) in [6.45, 7) is 0.995. The first kappa shape index (κ1) is 22.8. The van der Waals surface area contributed by atoms with E-state index in [0.29, 0.717) is 30.3 Å². The van der Waals surface area contributed by atoms with Gasteiger partial charge in [0.2, 0.25) is 5.91 Å². The summed E-state index contributed by atoms with van der Waals surface area (Å²) in [7, 11) is 0. The fourth-order valence-corrected chi connectivity index (χ4v) is 3.73. The standard InChI is InChI=1S/C22H22ClN3O7/c23-18-7-5-17(32-18)6-8-19(28)26-12-16(27)11-21(26)33-22(30)24-14-1-3-15(4-2-14)25-9-10-31-13-20(25)29/h1-8,16,21,27H,9-13H2,(H,24,30)/t16-,21-/m1/s1. The topological polar surface area (TPSA) is 122 Å². The molecule has 2 aliphatic rings. The van der Waals surface area contributed by atoms with E-state index in [9.17, 15) is 19.5 Å². The van der Waals surface area contributed by atoms with Crippen molar-refractivity contribution in [2.75, 3.05) is 36.5 Å². The van der Waals surface area contributed by atoms with Crippen LogP contribution in [0, 0.1) is 0 Å². The minimum atomic E-state index is -0.928. The lowest BCUT2D eigenvalue weighted by molar-refractivity contribution is -0.132. The van der Waals surface area contributed by atoms with E-state index < -0.39 is 24.3 Å². The molecule has 0 bridgehead atoms.